The Morgan fingerprint density at radius 3 is 2.32 bits per heavy atom. The van der Waals surface area contributed by atoms with Gasteiger partial charge in [0.2, 0.25) is 0 Å². The van der Waals surface area contributed by atoms with Crippen molar-refractivity contribution in [2.75, 3.05) is 24.5 Å². The van der Waals surface area contributed by atoms with Crippen LogP contribution in [0.1, 0.15) is 67.6 Å². The predicted octanol–water partition coefficient (Wildman–Crippen LogP) is 3.89. The van der Waals surface area contributed by atoms with Crippen molar-refractivity contribution in [3.05, 3.63) is 52.5 Å². The van der Waals surface area contributed by atoms with Crippen LogP contribution in [0.5, 0.6) is 0 Å². The van der Waals surface area contributed by atoms with Gasteiger partial charge in [0.25, 0.3) is 5.91 Å². The Morgan fingerprint density at radius 2 is 1.71 bits per heavy atom. The molecule has 0 radical (unpaired) electrons. The van der Waals surface area contributed by atoms with Crippen LogP contribution in [0.2, 0.25) is 0 Å². The molecule has 4 rings (SSSR count). The number of hydrogen-bond acceptors (Lipinski definition) is 5. The third-order valence-corrected chi connectivity index (χ3v) is 6.15. The van der Waals surface area contributed by atoms with Gasteiger partial charge in [-0.25, -0.2) is 9.97 Å². The number of benzene rings is 1. The highest BCUT2D eigenvalue weighted by molar-refractivity contribution is 5.94. The van der Waals surface area contributed by atoms with E-state index >= 15 is 0 Å². The first-order valence-electron chi connectivity index (χ1n) is 11.3. The molecule has 166 valence electrons. The Hall–Kier alpha value is -2.47. The first-order valence-corrected chi connectivity index (χ1v) is 11.3. The van der Waals surface area contributed by atoms with Gasteiger partial charge in [-0.1, -0.05) is 32.9 Å². The Morgan fingerprint density at radius 1 is 1.06 bits per heavy atom. The summed E-state index contributed by atoms with van der Waals surface area (Å²) in [7, 11) is 0. The summed E-state index contributed by atoms with van der Waals surface area (Å²) in [6.07, 6.45) is 1.06. The minimum Gasteiger partial charge on any atom is -0.372 e. The molecule has 1 aromatic carbocycles. The monoisotopic (exact) mass is 422 g/mol. The largest absolute Gasteiger partial charge is 0.372 e. The van der Waals surface area contributed by atoms with Crippen LogP contribution < -0.4 is 4.90 Å². The Kier molecular flexibility index (Phi) is 5.77. The van der Waals surface area contributed by atoms with E-state index < -0.39 is 0 Å². The number of ether oxygens (including phenoxy) is 1. The minimum atomic E-state index is 0.0707. The smallest absolute Gasteiger partial charge is 0.254 e. The molecule has 0 aliphatic carbocycles. The SMILES string of the molecule is Cc1nc2c(c(N3C[C@@H](C)O[C@@H](C)C3)n1)CN(C(=O)c1ccc(C(C)(C)C)cc1)CC2. The predicted molar refractivity (Wildman–Crippen MR) is 123 cm³/mol. The fourth-order valence-corrected chi connectivity index (χ4v) is 4.60. The Bertz CT molecular complexity index is 955. The minimum absolute atomic E-state index is 0.0707. The molecule has 2 aliphatic rings. The maximum Gasteiger partial charge on any atom is 0.254 e. The summed E-state index contributed by atoms with van der Waals surface area (Å²) in [5.74, 6) is 1.82. The molecule has 0 N–H and O–H groups in total. The highest BCUT2D eigenvalue weighted by Gasteiger charge is 2.31. The molecule has 0 unspecified atom stereocenters. The summed E-state index contributed by atoms with van der Waals surface area (Å²) in [5.41, 5.74) is 4.19. The van der Waals surface area contributed by atoms with E-state index in [9.17, 15) is 4.79 Å². The third kappa shape index (κ3) is 4.59. The van der Waals surface area contributed by atoms with Crippen molar-refractivity contribution >= 4 is 11.7 Å². The molecular weight excluding hydrogens is 388 g/mol. The van der Waals surface area contributed by atoms with E-state index in [0.29, 0.717) is 13.1 Å². The van der Waals surface area contributed by atoms with Crippen LogP contribution in [0.4, 0.5) is 5.82 Å². The number of fused-ring (bicyclic) bond motifs is 1. The Balaban J connectivity index is 1.60. The van der Waals surface area contributed by atoms with Crippen molar-refractivity contribution in [2.45, 2.75) is 72.1 Å². The second kappa shape index (κ2) is 8.23. The van der Waals surface area contributed by atoms with Crippen LogP contribution in [0.25, 0.3) is 0 Å². The zero-order valence-electron chi connectivity index (χ0n) is 19.6. The van der Waals surface area contributed by atoms with Crippen LogP contribution in [-0.4, -0.2) is 52.6 Å². The number of carbonyl (C=O) groups excluding carboxylic acids is 1. The second-order valence-corrected chi connectivity index (χ2v) is 9.99. The summed E-state index contributed by atoms with van der Waals surface area (Å²) < 4.78 is 5.91. The van der Waals surface area contributed by atoms with Gasteiger partial charge in [0.15, 0.2) is 0 Å². The molecule has 31 heavy (non-hydrogen) atoms. The summed E-state index contributed by atoms with van der Waals surface area (Å²) in [6.45, 7) is 15.5. The maximum atomic E-state index is 13.3. The summed E-state index contributed by atoms with van der Waals surface area (Å²) >= 11 is 0. The number of rotatable bonds is 2. The molecule has 1 fully saturated rings. The van der Waals surface area contributed by atoms with Crippen molar-refractivity contribution in [3.63, 3.8) is 0 Å². The van der Waals surface area contributed by atoms with E-state index in [0.717, 1.165) is 48.0 Å². The third-order valence-electron chi connectivity index (χ3n) is 6.15. The zero-order chi connectivity index (χ0) is 22.3. The van der Waals surface area contributed by atoms with E-state index in [1.54, 1.807) is 0 Å². The molecule has 0 bridgehead atoms. The van der Waals surface area contributed by atoms with Crippen molar-refractivity contribution in [1.29, 1.82) is 0 Å². The number of anilines is 1. The number of carbonyl (C=O) groups is 1. The lowest BCUT2D eigenvalue weighted by Crippen LogP contribution is -2.47. The summed E-state index contributed by atoms with van der Waals surface area (Å²) in [5, 5.41) is 0. The van der Waals surface area contributed by atoms with Crippen molar-refractivity contribution in [1.82, 2.24) is 14.9 Å². The number of amides is 1. The van der Waals surface area contributed by atoms with Gasteiger partial charge in [0, 0.05) is 37.2 Å². The van der Waals surface area contributed by atoms with Crippen LogP contribution >= 0.6 is 0 Å². The van der Waals surface area contributed by atoms with E-state index in [1.807, 2.05) is 24.0 Å². The van der Waals surface area contributed by atoms with Crippen LogP contribution in [0, 0.1) is 6.92 Å². The average Bonchev–Trinajstić information content (AvgIpc) is 2.71. The molecule has 3 heterocycles. The highest BCUT2D eigenvalue weighted by Crippen LogP contribution is 2.30. The number of hydrogen-bond donors (Lipinski definition) is 0. The summed E-state index contributed by atoms with van der Waals surface area (Å²) in [6, 6.07) is 8.05. The fourth-order valence-electron chi connectivity index (χ4n) is 4.60. The molecule has 6 nitrogen and oxygen atoms in total. The second-order valence-electron chi connectivity index (χ2n) is 9.99. The van der Waals surface area contributed by atoms with Crippen LogP contribution in [0.15, 0.2) is 24.3 Å². The van der Waals surface area contributed by atoms with Crippen molar-refractivity contribution in [3.8, 4) is 0 Å². The lowest BCUT2D eigenvalue weighted by atomic mass is 9.86. The number of nitrogens with zero attached hydrogens (tertiary/aromatic N) is 4. The van der Waals surface area contributed by atoms with Crippen LogP contribution in [0.3, 0.4) is 0 Å². The first-order chi connectivity index (χ1) is 14.6. The molecule has 1 amide bonds. The van der Waals surface area contributed by atoms with Gasteiger partial charge in [0.1, 0.15) is 11.6 Å². The van der Waals surface area contributed by atoms with E-state index in [4.69, 9.17) is 14.7 Å². The van der Waals surface area contributed by atoms with E-state index in [-0.39, 0.29) is 23.5 Å². The lowest BCUT2D eigenvalue weighted by molar-refractivity contribution is -0.00560. The normalized spacial score (nSPS) is 21.7. The van der Waals surface area contributed by atoms with E-state index in [1.165, 1.54) is 5.56 Å². The lowest BCUT2D eigenvalue weighted by Gasteiger charge is -2.38. The molecule has 2 aliphatic heterocycles. The van der Waals surface area contributed by atoms with Gasteiger partial charge in [-0.3, -0.25) is 4.79 Å². The quantitative estimate of drug-likeness (QED) is 0.735. The van der Waals surface area contributed by atoms with Gasteiger partial charge >= 0.3 is 0 Å². The fraction of sp³-hybridized carbons (Fsp3) is 0.560. The van der Waals surface area contributed by atoms with Crippen LogP contribution in [-0.2, 0) is 23.1 Å². The highest BCUT2D eigenvalue weighted by atomic mass is 16.5. The van der Waals surface area contributed by atoms with Crippen molar-refractivity contribution < 1.29 is 9.53 Å². The van der Waals surface area contributed by atoms with Gasteiger partial charge < -0.3 is 14.5 Å². The molecule has 1 aromatic heterocycles. The molecule has 0 spiro atoms. The number of aryl methyl sites for hydroxylation is 1. The molecule has 6 heteroatoms. The maximum absolute atomic E-state index is 13.3. The Labute approximate surface area is 185 Å². The zero-order valence-corrected chi connectivity index (χ0v) is 19.6. The van der Waals surface area contributed by atoms with Gasteiger partial charge in [0.05, 0.1) is 24.4 Å². The van der Waals surface area contributed by atoms with Crippen molar-refractivity contribution in [2.24, 2.45) is 0 Å². The number of aromatic nitrogens is 2. The van der Waals surface area contributed by atoms with Gasteiger partial charge in [-0.15, -0.1) is 0 Å². The van der Waals surface area contributed by atoms with Gasteiger partial charge in [-0.05, 0) is 43.9 Å². The molecular formula is C25H34N4O2. The number of morpholine rings is 1. The van der Waals surface area contributed by atoms with E-state index in [2.05, 4.69) is 51.7 Å². The standard InChI is InChI=1S/C25H34N4O2/c1-16-13-29(14-17(2)31-16)23-21-15-28(12-11-22(21)26-18(3)27-23)24(30)19-7-9-20(10-8-19)25(4,5)6/h7-10,16-17H,11-15H2,1-6H3/t16-,17+. The topological polar surface area (TPSA) is 58.6 Å². The molecule has 2 atom stereocenters. The molecule has 2 aromatic rings. The molecule has 0 saturated carbocycles. The molecule has 1 saturated heterocycles. The van der Waals surface area contributed by atoms with Gasteiger partial charge in [-0.2, -0.15) is 0 Å². The average molecular weight is 423 g/mol. The summed E-state index contributed by atoms with van der Waals surface area (Å²) in [4.78, 5) is 27.0. The first kappa shape index (κ1) is 21.8.